The van der Waals surface area contributed by atoms with Crippen LogP contribution in [-0.2, 0) is 4.79 Å². The van der Waals surface area contributed by atoms with Gasteiger partial charge in [0.2, 0.25) is 5.91 Å². The highest BCUT2D eigenvalue weighted by molar-refractivity contribution is 7.10. The van der Waals surface area contributed by atoms with Crippen molar-refractivity contribution in [2.45, 2.75) is 70.0 Å². The number of nitrogens with zero attached hydrogens (tertiary/aromatic N) is 3. The molecular weight excluding hydrogens is 528 g/mol. The van der Waals surface area contributed by atoms with Crippen LogP contribution < -0.4 is 10.2 Å². The van der Waals surface area contributed by atoms with Gasteiger partial charge >= 0.3 is 0 Å². The van der Waals surface area contributed by atoms with Crippen LogP contribution in [0.3, 0.4) is 0 Å². The highest BCUT2D eigenvalue weighted by atomic mass is 32.1. The topological polar surface area (TPSA) is 55.9 Å². The Morgan fingerprint density at radius 3 is 2.61 bits per heavy atom. The highest BCUT2D eigenvalue weighted by Crippen LogP contribution is 2.47. The van der Waals surface area contributed by atoms with Gasteiger partial charge in [0.1, 0.15) is 0 Å². The molecule has 0 bridgehead atoms. The summed E-state index contributed by atoms with van der Waals surface area (Å²) < 4.78 is 0. The van der Waals surface area contributed by atoms with E-state index in [4.69, 9.17) is 0 Å². The van der Waals surface area contributed by atoms with Crippen LogP contribution in [0.1, 0.15) is 77.3 Å². The third kappa shape index (κ3) is 5.80. The van der Waals surface area contributed by atoms with Gasteiger partial charge in [-0.25, -0.2) is 0 Å². The van der Waals surface area contributed by atoms with Crippen molar-refractivity contribution in [2.24, 2.45) is 0 Å². The van der Waals surface area contributed by atoms with Crippen molar-refractivity contribution in [3.63, 3.8) is 0 Å². The minimum absolute atomic E-state index is 0.0315. The second-order valence-corrected chi connectivity index (χ2v) is 13.0. The van der Waals surface area contributed by atoms with E-state index in [-0.39, 0.29) is 23.9 Å². The number of aryl methyl sites for hydroxylation is 1. The maximum atomic E-state index is 14.0. The van der Waals surface area contributed by atoms with E-state index in [1.54, 1.807) is 11.3 Å². The van der Waals surface area contributed by atoms with Crippen LogP contribution in [0.15, 0.2) is 66.0 Å². The van der Waals surface area contributed by atoms with E-state index in [0.29, 0.717) is 18.2 Å². The maximum absolute atomic E-state index is 14.0. The van der Waals surface area contributed by atoms with Crippen LogP contribution in [0.4, 0.5) is 5.69 Å². The molecule has 6 nitrogen and oxygen atoms in total. The summed E-state index contributed by atoms with van der Waals surface area (Å²) in [6, 6.07) is 21.1. The lowest BCUT2D eigenvalue weighted by atomic mass is 9.80. The average Bonchev–Trinajstić information content (AvgIpc) is 3.70. The molecule has 1 saturated heterocycles. The van der Waals surface area contributed by atoms with Crippen molar-refractivity contribution in [1.29, 1.82) is 0 Å². The molecular formula is C34H42N4O2S. The normalized spacial score (nSPS) is 23.6. The molecule has 3 heterocycles. The van der Waals surface area contributed by atoms with E-state index >= 15 is 0 Å². The summed E-state index contributed by atoms with van der Waals surface area (Å²) in [6.45, 7) is 9.13. The molecule has 3 atom stereocenters. The quantitative estimate of drug-likeness (QED) is 0.338. The first-order valence-electron chi connectivity index (χ1n) is 15.3. The SMILES string of the molecule is Cc1cccc(N2CCN(CCCNC(=O)C3c4ccccc4C(=O)N(C4CCCC4)C3c3cccs3)CC2C)c1. The average molecular weight is 571 g/mol. The van der Waals surface area contributed by atoms with Crippen molar-refractivity contribution in [3.05, 3.63) is 87.6 Å². The van der Waals surface area contributed by atoms with Gasteiger partial charge in [-0.05, 0) is 80.4 Å². The summed E-state index contributed by atoms with van der Waals surface area (Å²) in [7, 11) is 0. The zero-order valence-electron chi connectivity index (χ0n) is 24.3. The predicted molar refractivity (Wildman–Crippen MR) is 167 cm³/mol. The van der Waals surface area contributed by atoms with E-state index < -0.39 is 5.92 Å². The Balaban J connectivity index is 1.12. The first-order chi connectivity index (χ1) is 20.0. The number of carbonyl (C=O) groups is 2. The fraction of sp³-hybridized carbons (Fsp3) is 0.471. The molecule has 6 rings (SSSR count). The molecule has 1 N–H and O–H groups in total. The van der Waals surface area contributed by atoms with Crippen LogP contribution in [0.2, 0.25) is 0 Å². The molecule has 1 aliphatic carbocycles. The Hall–Kier alpha value is -3.16. The van der Waals surface area contributed by atoms with Crippen molar-refractivity contribution >= 4 is 28.8 Å². The van der Waals surface area contributed by atoms with Crippen molar-refractivity contribution < 1.29 is 9.59 Å². The number of carbonyl (C=O) groups excluding carboxylic acids is 2. The molecule has 216 valence electrons. The monoisotopic (exact) mass is 570 g/mol. The summed E-state index contributed by atoms with van der Waals surface area (Å²) in [4.78, 5) is 36.1. The lowest BCUT2D eigenvalue weighted by molar-refractivity contribution is -0.124. The van der Waals surface area contributed by atoms with Gasteiger partial charge in [0.05, 0.1) is 12.0 Å². The van der Waals surface area contributed by atoms with Crippen LogP contribution in [-0.4, -0.2) is 66.4 Å². The summed E-state index contributed by atoms with van der Waals surface area (Å²) in [6.07, 6.45) is 5.22. The lowest BCUT2D eigenvalue weighted by Crippen LogP contribution is -2.52. The molecule has 3 aliphatic rings. The zero-order chi connectivity index (χ0) is 28.3. The van der Waals surface area contributed by atoms with E-state index in [1.165, 1.54) is 11.3 Å². The van der Waals surface area contributed by atoms with E-state index in [2.05, 4.69) is 69.6 Å². The molecule has 2 amide bonds. The number of hydrogen-bond donors (Lipinski definition) is 1. The minimum Gasteiger partial charge on any atom is -0.366 e. The fourth-order valence-corrected chi connectivity index (χ4v) is 8.09. The first-order valence-corrected chi connectivity index (χ1v) is 16.2. The Bertz CT molecular complexity index is 1350. The minimum atomic E-state index is -0.402. The number of amides is 2. The van der Waals surface area contributed by atoms with E-state index in [1.807, 2.05) is 30.3 Å². The number of thiophene rings is 1. The van der Waals surface area contributed by atoms with Crippen LogP contribution >= 0.6 is 11.3 Å². The molecule has 1 aromatic heterocycles. The molecule has 2 aliphatic heterocycles. The fourth-order valence-electron chi connectivity index (χ4n) is 7.23. The largest absolute Gasteiger partial charge is 0.366 e. The highest BCUT2D eigenvalue weighted by Gasteiger charge is 2.47. The Morgan fingerprint density at radius 1 is 1.02 bits per heavy atom. The van der Waals surface area contributed by atoms with Gasteiger partial charge in [-0.1, -0.05) is 49.2 Å². The summed E-state index contributed by atoms with van der Waals surface area (Å²) in [5.74, 6) is -0.293. The van der Waals surface area contributed by atoms with Gasteiger partial charge in [0.25, 0.3) is 5.91 Å². The maximum Gasteiger partial charge on any atom is 0.254 e. The van der Waals surface area contributed by atoms with E-state index in [0.717, 1.165) is 68.7 Å². The zero-order valence-corrected chi connectivity index (χ0v) is 25.1. The standard InChI is InChI=1S/C34H42N4O2S/c1-24-10-7-13-27(22-24)37-20-19-36(23-25(37)2)18-9-17-35-33(39)31-28-14-5-6-15-29(28)34(40)38(26-11-3-4-12-26)32(31)30-16-8-21-41-30/h5-8,10,13-16,21-22,25-26,31-32H,3-4,9,11-12,17-20,23H2,1-2H3,(H,35,39). The summed E-state index contributed by atoms with van der Waals surface area (Å²) in [5, 5.41) is 5.35. The van der Waals surface area contributed by atoms with Gasteiger partial charge < -0.3 is 15.1 Å². The number of hydrogen-bond acceptors (Lipinski definition) is 5. The molecule has 2 fully saturated rings. The van der Waals surface area contributed by atoms with Gasteiger partial charge in [-0.2, -0.15) is 0 Å². The Morgan fingerprint density at radius 2 is 1.85 bits per heavy atom. The summed E-state index contributed by atoms with van der Waals surface area (Å²) in [5.41, 5.74) is 4.16. The predicted octanol–water partition coefficient (Wildman–Crippen LogP) is 6.00. The molecule has 2 aromatic carbocycles. The van der Waals surface area contributed by atoms with Crippen molar-refractivity contribution in [1.82, 2.24) is 15.1 Å². The second kappa shape index (κ2) is 12.4. The van der Waals surface area contributed by atoms with Crippen molar-refractivity contribution in [3.8, 4) is 0 Å². The molecule has 0 spiro atoms. The number of piperazine rings is 1. The van der Waals surface area contributed by atoms with Gasteiger partial charge in [0.15, 0.2) is 0 Å². The van der Waals surface area contributed by atoms with Gasteiger partial charge in [-0.3, -0.25) is 14.5 Å². The molecule has 41 heavy (non-hydrogen) atoms. The van der Waals surface area contributed by atoms with Gasteiger partial charge in [0, 0.05) is 54.4 Å². The van der Waals surface area contributed by atoms with Crippen molar-refractivity contribution in [2.75, 3.05) is 37.6 Å². The molecule has 3 unspecified atom stereocenters. The Labute approximate surface area is 248 Å². The first kappa shape index (κ1) is 28.0. The number of anilines is 1. The number of fused-ring (bicyclic) bond motifs is 1. The summed E-state index contributed by atoms with van der Waals surface area (Å²) >= 11 is 1.65. The molecule has 3 aromatic rings. The molecule has 7 heteroatoms. The van der Waals surface area contributed by atoms with Crippen LogP contribution in [0.5, 0.6) is 0 Å². The number of rotatable bonds is 8. The smallest absolute Gasteiger partial charge is 0.254 e. The lowest BCUT2D eigenvalue weighted by Gasteiger charge is -2.44. The van der Waals surface area contributed by atoms with Gasteiger partial charge in [-0.15, -0.1) is 11.3 Å². The number of benzene rings is 2. The third-order valence-corrected chi connectivity index (χ3v) is 10.1. The Kier molecular flexibility index (Phi) is 8.45. The second-order valence-electron chi connectivity index (χ2n) is 12.0. The molecule has 0 radical (unpaired) electrons. The van der Waals surface area contributed by atoms with Crippen LogP contribution in [0.25, 0.3) is 0 Å². The number of nitrogens with one attached hydrogen (secondary N) is 1. The third-order valence-electron chi connectivity index (χ3n) is 9.21. The molecule has 1 saturated carbocycles. The van der Waals surface area contributed by atoms with E-state index in [9.17, 15) is 9.59 Å². The van der Waals surface area contributed by atoms with Crippen LogP contribution in [0, 0.1) is 6.92 Å².